The molecule has 0 aliphatic rings. The summed E-state index contributed by atoms with van der Waals surface area (Å²) in [6.07, 6.45) is 0. The number of oxazole rings is 1. The predicted octanol–water partition coefficient (Wildman–Crippen LogP) is 3.15. The predicted molar refractivity (Wildman–Crippen MR) is 69.4 cm³/mol. The van der Waals surface area contributed by atoms with Crippen LogP contribution in [0.5, 0.6) is 0 Å². The smallest absolute Gasteiger partial charge is 0.373 e. The molecule has 0 bridgehead atoms. The van der Waals surface area contributed by atoms with E-state index < -0.39 is 5.97 Å². The van der Waals surface area contributed by atoms with Gasteiger partial charge in [0.05, 0.1) is 17.2 Å². The van der Waals surface area contributed by atoms with Crippen molar-refractivity contribution in [2.75, 3.05) is 7.11 Å². The van der Waals surface area contributed by atoms with Crippen LogP contribution in [0.15, 0.2) is 22.6 Å². The van der Waals surface area contributed by atoms with Gasteiger partial charge in [0.15, 0.2) is 0 Å². The zero-order valence-corrected chi connectivity index (χ0v) is 11.2. The number of hydrogen-bond acceptors (Lipinski definition) is 4. The number of aromatic nitrogens is 1. The van der Waals surface area contributed by atoms with Crippen LogP contribution in [0.2, 0.25) is 5.02 Å². The van der Waals surface area contributed by atoms with Crippen molar-refractivity contribution >= 4 is 17.6 Å². The van der Waals surface area contributed by atoms with Gasteiger partial charge in [0.1, 0.15) is 5.69 Å². The topological polar surface area (TPSA) is 72.6 Å². The number of hydrogen-bond donors (Lipinski definition) is 1. The van der Waals surface area contributed by atoms with Gasteiger partial charge in [-0.25, -0.2) is 9.78 Å². The van der Waals surface area contributed by atoms with Crippen LogP contribution in [0, 0.1) is 6.92 Å². The lowest BCUT2D eigenvalue weighted by atomic mass is 10.1. The molecule has 0 saturated carbocycles. The van der Waals surface area contributed by atoms with Crippen molar-refractivity contribution in [2.45, 2.75) is 13.5 Å². The standard InChI is InChI=1S/C13H12ClNO4/c1-7-3-4-8(9(14)5-7)12-15-10(6-18-2)11(19-12)13(16)17/h3-5H,6H2,1-2H3,(H,16,17). The summed E-state index contributed by atoms with van der Waals surface area (Å²) in [5.41, 5.74) is 1.79. The molecule has 6 heteroatoms. The first kappa shape index (κ1) is 13.6. The Kier molecular flexibility index (Phi) is 3.87. The van der Waals surface area contributed by atoms with Crippen molar-refractivity contribution in [1.82, 2.24) is 4.98 Å². The van der Waals surface area contributed by atoms with Crippen LogP contribution >= 0.6 is 11.6 Å². The van der Waals surface area contributed by atoms with Crippen LogP contribution in [0.1, 0.15) is 21.8 Å². The minimum atomic E-state index is -1.19. The maximum absolute atomic E-state index is 11.1. The van der Waals surface area contributed by atoms with Crippen molar-refractivity contribution in [1.29, 1.82) is 0 Å². The van der Waals surface area contributed by atoms with E-state index in [2.05, 4.69) is 4.98 Å². The zero-order valence-electron chi connectivity index (χ0n) is 10.4. The molecule has 0 fully saturated rings. The van der Waals surface area contributed by atoms with Gasteiger partial charge in [-0.1, -0.05) is 17.7 Å². The highest BCUT2D eigenvalue weighted by Gasteiger charge is 2.21. The van der Waals surface area contributed by atoms with Gasteiger partial charge in [-0.2, -0.15) is 0 Å². The largest absolute Gasteiger partial charge is 0.475 e. The molecule has 1 N–H and O–H groups in total. The highest BCUT2D eigenvalue weighted by atomic mass is 35.5. The van der Waals surface area contributed by atoms with E-state index in [0.717, 1.165) is 5.56 Å². The quantitative estimate of drug-likeness (QED) is 0.932. The fourth-order valence-corrected chi connectivity index (χ4v) is 1.98. The van der Waals surface area contributed by atoms with E-state index >= 15 is 0 Å². The summed E-state index contributed by atoms with van der Waals surface area (Å²) in [5, 5.41) is 9.50. The van der Waals surface area contributed by atoms with E-state index in [0.29, 0.717) is 10.6 Å². The average molecular weight is 282 g/mol. The summed E-state index contributed by atoms with van der Waals surface area (Å²) >= 11 is 6.10. The van der Waals surface area contributed by atoms with Gasteiger partial charge in [-0.05, 0) is 24.6 Å². The monoisotopic (exact) mass is 281 g/mol. The third-order valence-electron chi connectivity index (χ3n) is 2.53. The normalized spacial score (nSPS) is 10.7. The molecule has 1 heterocycles. The first-order chi connectivity index (χ1) is 9.02. The van der Waals surface area contributed by atoms with Crippen LogP contribution in [0.3, 0.4) is 0 Å². The van der Waals surface area contributed by atoms with Gasteiger partial charge in [0.2, 0.25) is 11.7 Å². The lowest BCUT2D eigenvalue weighted by molar-refractivity contribution is 0.0656. The van der Waals surface area contributed by atoms with Crippen molar-refractivity contribution in [3.05, 3.63) is 40.2 Å². The summed E-state index contributed by atoms with van der Waals surface area (Å²) in [7, 11) is 1.46. The fourth-order valence-electron chi connectivity index (χ4n) is 1.66. The molecule has 0 aliphatic heterocycles. The van der Waals surface area contributed by atoms with Gasteiger partial charge >= 0.3 is 5.97 Å². The minimum Gasteiger partial charge on any atom is -0.475 e. The molecule has 2 rings (SSSR count). The van der Waals surface area contributed by atoms with E-state index in [-0.39, 0.29) is 24.0 Å². The van der Waals surface area contributed by atoms with Crippen LogP contribution in [-0.2, 0) is 11.3 Å². The Bertz CT molecular complexity index is 621. The van der Waals surface area contributed by atoms with E-state index in [1.165, 1.54) is 7.11 Å². The Morgan fingerprint density at radius 2 is 2.26 bits per heavy atom. The van der Waals surface area contributed by atoms with Crippen molar-refractivity contribution in [2.24, 2.45) is 0 Å². The Hall–Kier alpha value is -1.85. The molecule has 0 saturated heterocycles. The fraction of sp³-hybridized carbons (Fsp3) is 0.231. The van der Waals surface area contributed by atoms with Crippen LogP contribution in [0.25, 0.3) is 11.5 Å². The lowest BCUT2D eigenvalue weighted by Gasteiger charge is -2.00. The Morgan fingerprint density at radius 3 is 2.84 bits per heavy atom. The van der Waals surface area contributed by atoms with Crippen molar-refractivity contribution < 1.29 is 19.1 Å². The molecule has 0 unspecified atom stereocenters. The molecule has 1 aromatic carbocycles. The number of carboxylic acids is 1. The first-order valence-corrected chi connectivity index (χ1v) is 5.89. The second kappa shape index (κ2) is 5.42. The lowest BCUT2D eigenvalue weighted by Crippen LogP contribution is -2.00. The molecular formula is C13H12ClNO4. The molecular weight excluding hydrogens is 270 g/mol. The number of nitrogens with zero attached hydrogens (tertiary/aromatic N) is 1. The molecule has 2 aromatic rings. The number of rotatable bonds is 4. The highest BCUT2D eigenvalue weighted by molar-refractivity contribution is 6.33. The number of benzene rings is 1. The van der Waals surface area contributed by atoms with Gasteiger partial charge < -0.3 is 14.3 Å². The summed E-state index contributed by atoms with van der Waals surface area (Å²) in [6, 6.07) is 5.35. The molecule has 0 amide bonds. The molecule has 19 heavy (non-hydrogen) atoms. The molecule has 0 radical (unpaired) electrons. The molecule has 0 atom stereocenters. The van der Waals surface area contributed by atoms with Crippen LogP contribution in [0.4, 0.5) is 0 Å². The summed E-state index contributed by atoms with van der Waals surface area (Å²) in [4.78, 5) is 15.2. The van der Waals surface area contributed by atoms with E-state index in [4.69, 9.17) is 25.9 Å². The molecule has 5 nitrogen and oxygen atoms in total. The summed E-state index contributed by atoms with van der Waals surface area (Å²) in [5.74, 6) is -1.24. The number of aryl methyl sites for hydroxylation is 1. The third-order valence-corrected chi connectivity index (χ3v) is 2.84. The van der Waals surface area contributed by atoms with E-state index in [1.54, 1.807) is 12.1 Å². The summed E-state index contributed by atoms with van der Waals surface area (Å²) < 4.78 is 10.2. The van der Waals surface area contributed by atoms with Gasteiger partial charge in [-0.3, -0.25) is 0 Å². The van der Waals surface area contributed by atoms with Gasteiger partial charge in [-0.15, -0.1) is 0 Å². The Morgan fingerprint density at radius 1 is 1.53 bits per heavy atom. The molecule has 0 aliphatic carbocycles. The second-order valence-corrected chi connectivity index (χ2v) is 4.42. The number of carboxylic acid groups (broad SMARTS) is 1. The number of ether oxygens (including phenoxy) is 1. The van der Waals surface area contributed by atoms with Crippen molar-refractivity contribution in [3.8, 4) is 11.5 Å². The highest BCUT2D eigenvalue weighted by Crippen LogP contribution is 2.29. The number of halogens is 1. The number of methoxy groups -OCH3 is 1. The zero-order chi connectivity index (χ0) is 14.0. The van der Waals surface area contributed by atoms with Crippen LogP contribution < -0.4 is 0 Å². The first-order valence-electron chi connectivity index (χ1n) is 5.51. The minimum absolute atomic E-state index is 0.0641. The maximum Gasteiger partial charge on any atom is 0.373 e. The Balaban J connectivity index is 2.50. The summed E-state index contributed by atoms with van der Waals surface area (Å²) in [6.45, 7) is 1.97. The SMILES string of the molecule is COCc1nc(-c2ccc(C)cc2Cl)oc1C(=O)O. The number of aromatic carboxylic acids is 1. The molecule has 0 spiro atoms. The maximum atomic E-state index is 11.1. The Labute approximate surface area is 114 Å². The van der Waals surface area contributed by atoms with E-state index in [1.807, 2.05) is 13.0 Å². The van der Waals surface area contributed by atoms with Crippen molar-refractivity contribution in [3.63, 3.8) is 0 Å². The van der Waals surface area contributed by atoms with Gasteiger partial charge in [0.25, 0.3) is 0 Å². The number of carbonyl (C=O) groups is 1. The average Bonchev–Trinajstić information content (AvgIpc) is 2.73. The molecule has 100 valence electrons. The van der Waals surface area contributed by atoms with Gasteiger partial charge in [0, 0.05) is 7.11 Å². The van der Waals surface area contributed by atoms with Crippen LogP contribution in [-0.4, -0.2) is 23.2 Å². The molecule has 1 aromatic heterocycles. The van der Waals surface area contributed by atoms with E-state index in [9.17, 15) is 4.79 Å². The second-order valence-electron chi connectivity index (χ2n) is 4.02. The third kappa shape index (κ3) is 2.77.